The molecule has 0 saturated carbocycles. The molecule has 1 unspecified atom stereocenters. The van der Waals surface area contributed by atoms with E-state index in [0.717, 1.165) is 62.0 Å². The van der Waals surface area contributed by atoms with Crippen molar-refractivity contribution in [1.29, 1.82) is 0 Å². The van der Waals surface area contributed by atoms with Crippen LogP contribution in [0.4, 0.5) is 4.39 Å². The van der Waals surface area contributed by atoms with Crippen molar-refractivity contribution in [1.82, 2.24) is 9.80 Å². The number of likely N-dealkylation sites (tertiary alicyclic amines) is 2. The van der Waals surface area contributed by atoms with Crippen LogP contribution >= 0.6 is 34.5 Å². The molecule has 7 heteroatoms. The van der Waals surface area contributed by atoms with Crippen molar-refractivity contribution in [3.63, 3.8) is 0 Å². The summed E-state index contributed by atoms with van der Waals surface area (Å²) in [5.41, 5.74) is 3.64. The number of ether oxygens (including phenoxy) is 1. The molecule has 0 bridgehead atoms. The molecule has 1 aromatic heterocycles. The molecule has 2 aromatic carbocycles. The lowest BCUT2D eigenvalue weighted by molar-refractivity contribution is 0.0542. The predicted octanol–water partition coefficient (Wildman–Crippen LogP) is 7.34. The van der Waals surface area contributed by atoms with Crippen LogP contribution in [0.5, 0.6) is 0 Å². The normalized spacial score (nSPS) is 21.9. The van der Waals surface area contributed by atoms with Crippen LogP contribution in [0, 0.1) is 17.7 Å². The van der Waals surface area contributed by atoms with Gasteiger partial charge in [0.2, 0.25) is 0 Å². The maximum absolute atomic E-state index is 13.1. The first kappa shape index (κ1) is 26.1. The van der Waals surface area contributed by atoms with Crippen LogP contribution in [0.1, 0.15) is 35.4 Å². The predicted molar refractivity (Wildman–Crippen MR) is 148 cm³/mol. The first-order valence-electron chi connectivity index (χ1n) is 12.8. The average Bonchev–Trinajstić information content (AvgIpc) is 3.53. The van der Waals surface area contributed by atoms with Crippen LogP contribution in [0.15, 0.2) is 59.3 Å². The van der Waals surface area contributed by atoms with Crippen LogP contribution in [-0.2, 0) is 17.9 Å². The number of thiophene rings is 1. The van der Waals surface area contributed by atoms with Crippen molar-refractivity contribution in [2.24, 2.45) is 11.8 Å². The summed E-state index contributed by atoms with van der Waals surface area (Å²) in [5.74, 6) is 1.56. The minimum atomic E-state index is -0.202. The average molecular weight is 548 g/mol. The highest BCUT2D eigenvalue weighted by Gasteiger charge is 2.36. The van der Waals surface area contributed by atoms with E-state index in [1.54, 1.807) is 23.5 Å². The molecule has 36 heavy (non-hydrogen) atoms. The van der Waals surface area contributed by atoms with Gasteiger partial charge in [0, 0.05) is 48.7 Å². The van der Waals surface area contributed by atoms with Gasteiger partial charge in [-0.1, -0.05) is 41.4 Å². The molecule has 192 valence electrons. The molecule has 2 saturated heterocycles. The lowest BCUT2D eigenvalue weighted by atomic mass is 9.89. The van der Waals surface area contributed by atoms with Crippen molar-refractivity contribution in [2.45, 2.75) is 31.9 Å². The maximum atomic E-state index is 13.1. The van der Waals surface area contributed by atoms with Gasteiger partial charge < -0.3 is 9.64 Å². The van der Waals surface area contributed by atoms with Crippen molar-refractivity contribution in [3.8, 4) is 0 Å². The molecule has 2 aliphatic heterocycles. The standard InChI is InChI=1S/C29H33Cl2FN2OS/c30-26-4-3-23(29(31)13-26)14-34-16-25(28(17-34)24-9-12-36-20-24)15-33-10-7-22(8-11-33)19-35-18-21-1-5-27(32)6-2-21/h1-6,9,12-13,20,22,25,28H,7-8,10-11,14-19H2/t25-,28?/m1/s1. The summed E-state index contributed by atoms with van der Waals surface area (Å²) in [6, 6.07) is 14.7. The molecule has 2 atom stereocenters. The summed E-state index contributed by atoms with van der Waals surface area (Å²) in [7, 11) is 0. The van der Waals surface area contributed by atoms with Crippen LogP contribution in [0.3, 0.4) is 0 Å². The Labute approximate surface area is 227 Å². The largest absolute Gasteiger partial charge is 0.376 e. The lowest BCUT2D eigenvalue weighted by Gasteiger charge is -2.34. The second-order valence-electron chi connectivity index (χ2n) is 10.2. The smallest absolute Gasteiger partial charge is 0.123 e. The quantitative estimate of drug-likeness (QED) is 0.279. The number of rotatable bonds is 9. The zero-order valence-corrected chi connectivity index (χ0v) is 22.7. The minimum Gasteiger partial charge on any atom is -0.376 e. The second kappa shape index (κ2) is 12.4. The van der Waals surface area contributed by atoms with Gasteiger partial charge in [-0.25, -0.2) is 4.39 Å². The van der Waals surface area contributed by atoms with Gasteiger partial charge >= 0.3 is 0 Å². The van der Waals surface area contributed by atoms with E-state index in [9.17, 15) is 4.39 Å². The van der Waals surface area contributed by atoms with E-state index in [0.29, 0.717) is 29.4 Å². The van der Waals surface area contributed by atoms with E-state index in [-0.39, 0.29) is 5.82 Å². The van der Waals surface area contributed by atoms with Crippen molar-refractivity contribution < 1.29 is 9.13 Å². The summed E-state index contributed by atoms with van der Waals surface area (Å²) in [4.78, 5) is 5.21. The van der Waals surface area contributed by atoms with Crippen molar-refractivity contribution >= 4 is 34.5 Å². The van der Waals surface area contributed by atoms with E-state index in [1.165, 1.54) is 30.5 Å². The highest BCUT2D eigenvalue weighted by molar-refractivity contribution is 7.08. The third kappa shape index (κ3) is 6.89. The van der Waals surface area contributed by atoms with Crippen LogP contribution in [0.2, 0.25) is 10.0 Å². The van der Waals surface area contributed by atoms with Gasteiger partial charge in [-0.3, -0.25) is 4.90 Å². The Morgan fingerprint density at radius 1 is 0.972 bits per heavy atom. The maximum Gasteiger partial charge on any atom is 0.123 e. The number of piperidine rings is 1. The molecule has 3 heterocycles. The Kier molecular flexibility index (Phi) is 8.99. The van der Waals surface area contributed by atoms with Gasteiger partial charge in [-0.2, -0.15) is 11.3 Å². The Morgan fingerprint density at radius 3 is 2.50 bits per heavy atom. The molecule has 0 aliphatic carbocycles. The van der Waals surface area contributed by atoms with Gasteiger partial charge in [-0.05, 0) is 95.5 Å². The number of nitrogens with zero attached hydrogens (tertiary/aromatic N) is 2. The van der Waals surface area contributed by atoms with Gasteiger partial charge in [0.25, 0.3) is 0 Å². The monoisotopic (exact) mass is 546 g/mol. The number of hydrogen-bond donors (Lipinski definition) is 0. The molecular formula is C29H33Cl2FN2OS. The van der Waals surface area contributed by atoms with E-state index >= 15 is 0 Å². The molecule has 3 nitrogen and oxygen atoms in total. The first-order valence-corrected chi connectivity index (χ1v) is 14.5. The fourth-order valence-electron chi connectivity index (χ4n) is 5.62. The summed E-state index contributed by atoms with van der Waals surface area (Å²) < 4.78 is 19.0. The van der Waals surface area contributed by atoms with E-state index in [1.807, 2.05) is 12.1 Å². The zero-order chi connectivity index (χ0) is 24.9. The summed E-state index contributed by atoms with van der Waals surface area (Å²) >= 11 is 14.4. The van der Waals surface area contributed by atoms with Crippen LogP contribution in [0.25, 0.3) is 0 Å². The molecule has 2 fully saturated rings. The SMILES string of the molecule is Fc1ccc(COCC2CCN(C[C@@H]3CN(Cc4ccc(Cl)cc4Cl)CC3c3ccsc3)CC2)cc1. The van der Waals surface area contributed by atoms with Gasteiger partial charge in [0.05, 0.1) is 6.61 Å². The molecule has 0 radical (unpaired) electrons. The van der Waals surface area contributed by atoms with Gasteiger partial charge in [-0.15, -0.1) is 0 Å². The Morgan fingerprint density at radius 2 is 1.78 bits per heavy atom. The summed E-state index contributed by atoms with van der Waals surface area (Å²) in [5, 5.41) is 5.95. The lowest BCUT2D eigenvalue weighted by Crippen LogP contribution is -2.39. The van der Waals surface area contributed by atoms with Crippen molar-refractivity contribution in [3.05, 3.63) is 91.8 Å². The van der Waals surface area contributed by atoms with E-state index < -0.39 is 0 Å². The number of hydrogen-bond acceptors (Lipinski definition) is 4. The highest BCUT2D eigenvalue weighted by atomic mass is 35.5. The van der Waals surface area contributed by atoms with Crippen LogP contribution in [-0.4, -0.2) is 49.1 Å². The van der Waals surface area contributed by atoms with Crippen molar-refractivity contribution in [2.75, 3.05) is 39.3 Å². The van der Waals surface area contributed by atoms with E-state index in [2.05, 4.69) is 32.7 Å². The molecule has 0 amide bonds. The molecular weight excluding hydrogens is 514 g/mol. The van der Waals surface area contributed by atoms with Gasteiger partial charge in [0.15, 0.2) is 0 Å². The molecule has 3 aromatic rings. The topological polar surface area (TPSA) is 15.7 Å². The Hall–Kier alpha value is -1.47. The first-order chi connectivity index (χ1) is 17.5. The second-order valence-corrected chi connectivity index (χ2v) is 11.9. The third-order valence-electron chi connectivity index (χ3n) is 7.63. The summed E-state index contributed by atoms with van der Waals surface area (Å²) in [6.07, 6.45) is 2.34. The highest BCUT2D eigenvalue weighted by Crippen LogP contribution is 2.36. The third-order valence-corrected chi connectivity index (χ3v) is 8.92. The number of benzene rings is 2. The number of halogens is 3. The summed E-state index contributed by atoms with van der Waals surface area (Å²) in [6.45, 7) is 7.73. The van der Waals surface area contributed by atoms with Gasteiger partial charge in [0.1, 0.15) is 5.82 Å². The molecule has 2 aliphatic rings. The molecule has 0 spiro atoms. The molecule has 5 rings (SSSR count). The minimum absolute atomic E-state index is 0.202. The Bertz CT molecular complexity index is 1100. The fraction of sp³-hybridized carbons (Fsp3) is 0.448. The zero-order valence-electron chi connectivity index (χ0n) is 20.4. The molecule has 0 N–H and O–H groups in total. The Balaban J connectivity index is 1.12. The fourth-order valence-corrected chi connectivity index (χ4v) is 6.81. The van der Waals surface area contributed by atoms with E-state index in [4.69, 9.17) is 27.9 Å². The van der Waals surface area contributed by atoms with Crippen LogP contribution < -0.4 is 0 Å².